The van der Waals surface area contributed by atoms with E-state index in [1.165, 1.54) is 0 Å². The second kappa shape index (κ2) is 14.5. The first-order chi connectivity index (χ1) is 12.0. The summed E-state index contributed by atoms with van der Waals surface area (Å²) in [5.41, 5.74) is 11.3. The number of urea groups is 1. The molecule has 0 saturated carbocycles. The molecule has 2 atom stereocenters. The molecule has 0 bridgehead atoms. The maximum Gasteiger partial charge on any atom is 0.312 e. The van der Waals surface area contributed by atoms with Gasteiger partial charge in [-0.05, 0) is 46.3 Å². The van der Waals surface area contributed by atoms with Crippen molar-refractivity contribution in [2.75, 3.05) is 40.3 Å². The average Bonchev–Trinajstić information content (AvgIpc) is 2.58. The Morgan fingerprint density at radius 2 is 1.64 bits per heavy atom. The Bertz CT molecular complexity index is 404. The van der Waals surface area contributed by atoms with Gasteiger partial charge >= 0.3 is 6.03 Å². The second-order valence-electron chi connectivity index (χ2n) is 5.82. The molecule has 0 radical (unpaired) electrons. The summed E-state index contributed by atoms with van der Waals surface area (Å²) >= 11 is 0. The lowest BCUT2D eigenvalue weighted by atomic mass is 10.1. The van der Waals surface area contributed by atoms with Gasteiger partial charge in [0.15, 0.2) is 0 Å². The zero-order chi connectivity index (χ0) is 19.1. The summed E-state index contributed by atoms with van der Waals surface area (Å²) in [6, 6.07) is -0.933. The Balaban J connectivity index is 4.62. The number of carbonyl (C=O) groups excluding carboxylic acids is 2. The van der Waals surface area contributed by atoms with Crippen LogP contribution in [-0.4, -0.2) is 64.3 Å². The number of hydrogen-bond donors (Lipinski definition) is 7. The molecule has 0 fully saturated rings. The fraction of sp³-hybridized carbons (Fsp3) is 0.750. The van der Waals surface area contributed by atoms with Crippen LogP contribution >= 0.6 is 0 Å². The van der Waals surface area contributed by atoms with Crippen LogP contribution in [0.25, 0.3) is 0 Å². The van der Waals surface area contributed by atoms with Crippen molar-refractivity contribution in [1.29, 1.82) is 0 Å². The summed E-state index contributed by atoms with van der Waals surface area (Å²) in [6.07, 6.45) is 3.06. The number of rotatable bonds is 15. The van der Waals surface area contributed by atoms with Gasteiger partial charge in [-0.3, -0.25) is 4.79 Å². The first-order valence-electron chi connectivity index (χ1n) is 8.74. The predicted octanol–water partition coefficient (Wildman–Crippen LogP) is -1.43. The molecule has 0 aromatic carbocycles. The number of amides is 3. The molecule has 0 aromatic rings. The molecule has 0 aromatic heterocycles. The fourth-order valence-electron chi connectivity index (χ4n) is 2.41. The fourth-order valence-corrected chi connectivity index (χ4v) is 2.41. The van der Waals surface area contributed by atoms with Crippen molar-refractivity contribution in [2.24, 2.45) is 11.5 Å². The van der Waals surface area contributed by atoms with Crippen LogP contribution in [0.15, 0.2) is 12.3 Å². The quantitative estimate of drug-likeness (QED) is 0.179. The summed E-state index contributed by atoms with van der Waals surface area (Å²) < 4.78 is 0. The van der Waals surface area contributed by atoms with E-state index < -0.39 is 12.1 Å². The molecule has 9 N–H and O–H groups in total. The number of hydrogen-bond acceptors (Lipinski definition) is 6. The molecular formula is C16H35N7O2. The highest BCUT2D eigenvalue weighted by molar-refractivity contribution is 5.82. The van der Waals surface area contributed by atoms with E-state index in [1.807, 2.05) is 14.1 Å². The van der Waals surface area contributed by atoms with Crippen molar-refractivity contribution in [3.8, 4) is 0 Å². The average molecular weight is 358 g/mol. The molecule has 146 valence electrons. The lowest BCUT2D eigenvalue weighted by Crippen LogP contribution is -2.48. The monoisotopic (exact) mass is 357 g/mol. The molecule has 0 saturated heterocycles. The van der Waals surface area contributed by atoms with Gasteiger partial charge in [0.05, 0.1) is 0 Å². The van der Waals surface area contributed by atoms with E-state index in [0.29, 0.717) is 32.5 Å². The number of carbonyl (C=O) groups is 2. The Morgan fingerprint density at radius 3 is 2.20 bits per heavy atom. The van der Waals surface area contributed by atoms with Gasteiger partial charge in [-0.25, -0.2) is 4.79 Å². The molecular weight excluding hydrogens is 322 g/mol. The SMILES string of the molecule is C=C(NC(CCCNC(N)=O)C(=O)NCCN)C(CCCNC)NC. The Morgan fingerprint density at radius 1 is 1.00 bits per heavy atom. The Labute approximate surface area is 150 Å². The third-order valence-electron chi connectivity index (χ3n) is 3.78. The van der Waals surface area contributed by atoms with E-state index in [1.54, 1.807) is 0 Å². The third kappa shape index (κ3) is 11.4. The standard InChI is InChI=1S/C16H35N7O2/c1-12(13(20-3)6-4-9-19-2)23-14(15(24)21-11-8-17)7-5-10-22-16(18)25/h13-14,19-20,23H,1,4-11,17H2,2-3H3,(H,21,24)(H3,18,22,25). The van der Waals surface area contributed by atoms with E-state index >= 15 is 0 Å². The number of nitrogens with one attached hydrogen (secondary N) is 5. The van der Waals surface area contributed by atoms with Gasteiger partial charge in [0.1, 0.15) is 6.04 Å². The molecule has 3 amide bonds. The minimum absolute atomic E-state index is 0.0712. The molecule has 2 unspecified atom stereocenters. The first-order valence-corrected chi connectivity index (χ1v) is 8.74. The predicted molar refractivity (Wildman–Crippen MR) is 101 cm³/mol. The zero-order valence-corrected chi connectivity index (χ0v) is 15.5. The van der Waals surface area contributed by atoms with Gasteiger partial charge in [-0.1, -0.05) is 6.58 Å². The summed E-state index contributed by atoms with van der Waals surface area (Å²) in [6.45, 7) is 6.21. The number of nitrogens with two attached hydrogens (primary N) is 2. The zero-order valence-electron chi connectivity index (χ0n) is 15.5. The minimum atomic E-state index is -0.568. The van der Waals surface area contributed by atoms with Crippen LogP contribution in [0.1, 0.15) is 25.7 Å². The summed E-state index contributed by atoms with van der Waals surface area (Å²) in [4.78, 5) is 23.0. The molecule has 25 heavy (non-hydrogen) atoms. The summed E-state index contributed by atoms with van der Waals surface area (Å²) in [5, 5.41) is 14.9. The van der Waals surface area contributed by atoms with Gasteiger partial charge in [0.2, 0.25) is 5.91 Å². The molecule has 9 nitrogen and oxygen atoms in total. The summed E-state index contributed by atoms with van der Waals surface area (Å²) in [5.74, 6) is -0.129. The highest BCUT2D eigenvalue weighted by Crippen LogP contribution is 2.07. The van der Waals surface area contributed by atoms with Crippen molar-refractivity contribution >= 4 is 11.9 Å². The normalized spacial score (nSPS) is 12.9. The van der Waals surface area contributed by atoms with Gasteiger partial charge < -0.3 is 38.1 Å². The van der Waals surface area contributed by atoms with Crippen molar-refractivity contribution in [3.05, 3.63) is 12.3 Å². The van der Waals surface area contributed by atoms with Crippen LogP contribution < -0.4 is 38.1 Å². The highest BCUT2D eigenvalue weighted by atomic mass is 16.2. The largest absolute Gasteiger partial charge is 0.376 e. The van der Waals surface area contributed by atoms with Gasteiger partial charge in [0, 0.05) is 31.4 Å². The van der Waals surface area contributed by atoms with Crippen LogP contribution in [0.4, 0.5) is 4.79 Å². The summed E-state index contributed by atoms with van der Waals surface area (Å²) in [7, 11) is 3.79. The van der Waals surface area contributed by atoms with E-state index in [4.69, 9.17) is 11.5 Å². The lowest BCUT2D eigenvalue weighted by Gasteiger charge is -2.26. The lowest BCUT2D eigenvalue weighted by molar-refractivity contribution is -0.123. The maximum absolute atomic E-state index is 12.3. The first kappa shape index (κ1) is 23.2. The van der Waals surface area contributed by atoms with Crippen LogP contribution in [0, 0.1) is 0 Å². The van der Waals surface area contributed by atoms with E-state index in [0.717, 1.165) is 25.1 Å². The van der Waals surface area contributed by atoms with Crippen LogP contribution in [-0.2, 0) is 4.79 Å². The Kier molecular flexibility index (Phi) is 13.4. The van der Waals surface area contributed by atoms with Crippen molar-refractivity contribution in [2.45, 2.75) is 37.8 Å². The molecule has 9 heteroatoms. The smallest absolute Gasteiger partial charge is 0.312 e. The molecule has 0 spiro atoms. The topological polar surface area (TPSA) is 146 Å². The third-order valence-corrected chi connectivity index (χ3v) is 3.78. The van der Waals surface area contributed by atoms with Crippen molar-refractivity contribution < 1.29 is 9.59 Å². The van der Waals surface area contributed by atoms with E-state index in [9.17, 15) is 9.59 Å². The Hall–Kier alpha value is -1.84. The van der Waals surface area contributed by atoms with Gasteiger partial charge in [-0.2, -0.15) is 0 Å². The van der Waals surface area contributed by atoms with Gasteiger partial charge in [-0.15, -0.1) is 0 Å². The molecule has 0 rings (SSSR count). The van der Waals surface area contributed by atoms with E-state index in [2.05, 4.69) is 33.2 Å². The molecule has 0 heterocycles. The second-order valence-corrected chi connectivity index (χ2v) is 5.82. The van der Waals surface area contributed by atoms with Crippen LogP contribution in [0.2, 0.25) is 0 Å². The van der Waals surface area contributed by atoms with Gasteiger partial charge in [0.25, 0.3) is 0 Å². The van der Waals surface area contributed by atoms with Crippen molar-refractivity contribution in [3.63, 3.8) is 0 Å². The van der Waals surface area contributed by atoms with Crippen LogP contribution in [0.5, 0.6) is 0 Å². The van der Waals surface area contributed by atoms with Crippen molar-refractivity contribution in [1.82, 2.24) is 26.6 Å². The highest BCUT2D eigenvalue weighted by Gasteiger charge is 2.20. The molecule has 0 aliphatic heterocycles. The van der Waals surface area contributed by atoms with E-state index in [-0.39, 0.29) is 11.9 Å². The van der Waals surface area contributed by atoms with Crippen LogP contribution in [0.3, 0.4) is 0 Å². The molecule has 0 aliphatic rings. The minimum Gasteiger partial charge on any atom is -0.376 e. The maximum atomic E-state index is 12.3. The number of primary amides is 1. The molecule has 0 aliphatic carbocycles. The number of likely N-dealkylation sites (N-methyl/N-ethyl adjacent to an activating group) is 1.